The lowest BCUT2D eigenvalue weighted by atomic mass is 9.74. The van der Waals surface area contributed by atoms with Crippen molar-refractivity contribution in [2.45, 2.75) is 37.8 Å². The number of hydrogen-bond donors (Lipinski definition) is 0. The quantitative estimate of drug-likeness (QED) is 0.438. The first-order valence-electron chi connectivity index (χ1n) is 11.9. The molecule has 35 heavy (non-hydrogen) atoms. The van der Waals surface area contributed by atoms with Crippen molar-refractivity contribution in [3.05, 3.63) is 71.3 Å². The molecule has 7 nitrogen and oxygen atoms in total. The Morgan fingerprint density at radius 3 is 2.40 bits per heavy atom. The van der Waals surface area contributed by atoms with E-state index in [1.807, 2.05) is 55.5 Å². The van der Waals surface area contributed by atoms with E-state index < -0.39 is 11.5 Å². The van der Waals surface area contributed by atoms with Crippen molar-refractivity contribution in [3.8, 4) is 11.5 Å². The summed E-state index contributed by atoms with van der Waals surface area (Å²) < 4.78 is 21.7. The Morgan fingerprint density at radius 1 is 1.09 bits per heavy atom. The molecule has 186 valence electrons. The van der Waals surface area contributed by atoms with Gasteiger partial charge in [-0.2, -0.15) is 0 Å². The van der Waals surface area contributed by atoms with Crippen molar-refractivity contribution in [1.29, 1.82) is 0 Å². The zero-order valence-corrected chi connectivity index (χ0v) is 20.9. The smallest absolute Gasteiger partial charge is 0.330 e. The van der Waals surface area contributed by atoms with E-state index in [-0.39, 0.29) is 23.8 Å². The first kappa shape index (κ1) is 24.8. The summed E-state index contributed by atoms with van der Waals surface area (Å²) in [6.45, 7) is 4.69. The highest BCUT2D eigenvalue weighted by Gasteiger charge is 2.61. The van der Waals surface area contributed by atoms with Gasteiger partial charge in [-0.3, -0.25) is 9.69 Å². The molecule has 4 rings (SSSR count). The predicted molar refractivity (Wildman–Crippen MR) is 132 cm³/mol. The van der Waals surface area contributed by atoms with Crippen LogP contribution in [0.25, 0.3) is 0 Å². The molecule has 2 aromatic rings. The lowest BCUT2D eigenvalue weighted by Gasteiger charge is -2.41. The first-order chi connectivity index (χ1) is 16.9. The van der Waals surface area contributed by atoms with E-state index in [0.717, 1.165) is 23.1 Å². The Balaban J connectivity index is 1.94. The van der Waals surface area contributed by atoms with E-state index in [2.05, 4.69) is 4.90 Å². The van der Waals surface area contributed by atoms with Crippen molar-refractivity contribution in [2.24, 2.45) is 5.92 Å². The highest BCUT2D eigenvalue weighted by molar-refractivity contribution is 5.84. The molecule has 0 bridgehead atoms. The number of carbonyl (C=O) groups is 2. The van der Waals surface area contributed by atoms with Gasteiger partial charge in [-0.1, -0.05) is 36.4 Å². The molecule has 0 unspecified atom stereocenters. The van der Waals surface area contributed by atoms with Gasteiger partial charge >= 0.3 is 11.9 Å². The molecule has 0 aromatic heterocycles. The third-order valence-electron chi connectivity index (χ3n) is 7.37. The molecular weight excluding hydrogens is 446 g/mol. The zero-order chi connectivity index (χ0) is 25.2. The largest absolute Gasteiger partial charge is 0.493 e. The van der Waals surface area contributed by atoms with Crippen molar-refractivity contribution >= 4 is 11.9 Å². The van der Waals surface area contributed by atoms with Crippen molar-refractivity contribution < 1.29 is 28.5 Å². The lowest BCUT2D eigenvalue weighted by Crippen LogP contribution is -2.53. The van der Waals surface area contributed by atoms with Crippen LogP contribution in [0.4, 0.5) is 0 Å². The van der Waals surface area contributed by atoms with Gasteiger partial charge in [-0.05, 0) is 49.1 Å². The molecular formula is C28H33NO6. The van der Waals surface area contributed by atoms with E-state index in [1.54, 1.807) is 21.1 Å². The second kappa shape index (κ2) is 10.1. The fraction of sp³-hybridized carbons (Fsp3) is 0.429. The summed E-state index contributed by atoms with van der Waals surface area (Å²) in [7, 11) is 4.67. The van der Waals surface area contributed by atoms with Gasteiger partial charge in [0, 0.05) is 30.5 Å². The van der Waals surface area contributed by atoms with Crippen LogP contribution in [0.15, 0.2) is 54.6 Å². The third kappa shape index (κ3) is 4.18. The second-order valence-corrected chi connectivity index (χ2v) is 9.01. The number of fused-ring (bicyclic) bond motifs is 3. The van der Waals surface area contributed by atoms with Crippen LogP contribution in [0.5, 0.6) is 11.5 Å². The average Bonchev–Trinajstić information content (AvgIpc) is 3.15. The monoisotopic (exact) mass is 479 g/mol. The van der Waals surface area contributed by atoms with Crippen LogP contribution in [0, 0.1) is 5.92 Å². The Labute approximate surface area is 206 Å². The van der Waals surface area contributed by atoms with Crippen LogP contribution in [0.2, 0.25) is 0 Å². The molecule has 1 saturated heterocycles. The average molecular weight is 480 g/mol. The molecule has 1 fully saturated rings. The number of esters is 2. The van der Waals surface area contributed by atoms with Gasteiger partial charge < -0.3 is 18.9 Å². The van der Waals surface area contributed by atoms with Crippen molar-refractivity contribution in [2.75, 3.05) is 34.5 Å². The predicted octanol–water partition coefficient (Wildman–Crippen LogP) is 4.07. The Morgan fingerprint density at radius 2 is 1.77 bits per heavy atom. The van der Waals surface area contributed by atoms with Gasteiger partial charge in [-0.15, -0.1) is 0 Å². The van der Waals surface area contributed by atoms with E-state index in [9.17, 15) is 9.59 Å². The summed E-state index contributed by atoms with van der Waals surface area (Å²) in [5.41, 5.74) is 2.26. The Kier molecular flexibility index (Phi) is 7.17. The molecule has 0 N–H and O–H groups in total. The van der Waals surface area contributed by atoms with Crippen molar-refractivity contribution in [3.63, 3.8) is 0 Å². The fourth-order valence-corrected chi connectivity index (χ4v) is 5.90. The number of benzene rings is 2. The van der Waals surface area contributed by atoms with Gasteiger partial charge in [0.05, 0.1) is 27.9 Å². The summed E-state index contributed by atoms with van der Waals surface area (Å²) in [5, 5.41) is 0. The minimum Gasteiger partial charge on any atom is -0.493 e. The van der Waals surface area contributed by atoms with Gasteiger partial charge in [-0.25, -0.2) is 4.79 Å². The lowest BCUT2D eigenvalue weighted by molar-refractivity contribution is -0.154. The molecule has 2 aliphatic rings. The molecule has 0 saturated carbocycles. The van der Waals surface area contributed by atoms with Gasteiger partial charge in [0.15, 0.2) is 11.5 Å². The molecule has 0 aliphatic carbocycles. The number of carbonyl (C=O) groups excluding carboxylic acids is 2. The van der Waals surface area contributed by atoms with Crippen LogP contribution in [-0.2, 0) is 25.5 Å². The number of hydrogen-bond acceptors (Lipinski definition) is 7. The van der Waals surface area contributed by atoms with E-state index in [4.69, 9.17) is 18.9 Å². The number of rotatable bonds is 7. The molecule has 0 amide bonds. The summed E-state index contributed by atoms with van der Waals surface area (Å²) in [5.74, 6) is 0.137. The second-order valence-electron chi connectivity index (χ2n) is 9.01. The standard InChI is InChI=1S/C28H33NO6/c1-6-35-24(30)13-12-20-25(18-10-8-7-9-11-18)28(2,27(31)34-5)29-15-14-19-16-22(32-3)23(33-4)17-21(19)26(20)29/h7-13,16-17,20,25-26H,6,14-15H2,1-5H3/b13-12+/t20-,25-,26-,28-/m1/s1. The first-order valence-corrected chi connectivity index (χ1v) is 11.9. The van der Waals surface area contributed by atoms with Gasteiger partial charge in [0.1, 0.15) is 5.54 Å². The normalized spacial score (nSPS) is 25.6. The summed E-state index contributed by atoms with van der Waals surface area (Å²) in [6, 6.07) is 13.8. The maximum absolute atomic E-state index is 13.5. The SMILES string of the molecule is CCOC(=O)/C=C/[C@@H]1[C@@H](c2ccccc2)[C@](C)(C(=O)OC)N2CCc3cc(OC)c(OC)cc3[C@@H]12. The van der Waals surface area contributed by atoms with E-state index in [0.29, 0.717) is 24.7 Å². The molecule has 2 heterocycles. The van der Waals surface area contributed by atoms with Crippen LogP contribution in [0.3, 0.4) is 0 Å². The Bertz CT molecular complexity index is 1110. The number of methoxy groups -OCH3 is 3. The van der Waals surface area contributed by atoms with Crippen LogP contribution < -0.4 is 9.47 Å². The van der Waals surface area contributed by atoms with Crippen LogP contribution in [-0.4, -0.2) is 56.9 Å². The molecule has 2 aliphatic heterocycles. The topological polar surface area (TPSA) is 74.3 Å². The summed E-state index contributed by atoms with van der Waals surface area (Å²) >= 11 is 0. The summed E-state index contributed by atoms with van der Waals surface area (Å²) in [6.07, 6.45) is 4.13. The maximum Gasteiger partial charge on any atom is 0.330 e. The van der Waals surface area contributed by atoms with Gasteiger partial charge in [0.2, 0.25) is 0 Å². The van der Waals surface area contributed by atoms with Crippen LogP contribution in [0.1, 0.15) is 42.5 Å². The van der Waals surface area contributed by atoms with Crippen molar-refractivity contribution in [1.82, 2.24) is 4.90 Å². The van der Waals surface area contributed by atoms with Gasteiger partial charge in [0.25, 0.3) is 0 Å². The minimum absolute atomic E-state index is 0.182. The Hall–Kier alpha value is -3.32. The fourth-order valence-electron chi connectivity index (χ4n) is 5.90. The number of nitrogens with zero attached hydrogens (tertiary/aromatic N) is 1. The van der Waals surface area contributed by atoms with E-state index in [1.165, 1.54) is 13.2 Å². The number of ether oxygens (including phenoxy) is 4. The maximum atomic E-state index is 13.5. The third-order valence-corrected chi connectivity index (χ3v) is 7.37. The van der Waals surface area contributed by atoms with Crippen LogP contribution >= 0.6 is 0 Å². The molecule has 2 aromatic carbocycles. The molecule has 7 heteroatoms. The van der Waals surface area contributed by atoms with E-state index >= 15 is 0 Å². The minimum atomic E-state index is -0.949. The highest BCUT2D eigenvalue weighted by atomic mass is 16.5. The molecule has 0 radical (unpaired) electrons. The highest BCUT2D eigenvalue weighted by Crippen LogP contribution is 2.58. The zero-order valence-electron chi connectivity index (χ0n) is 20.9. The summed E-state index contributed by atoms with van der Waals surface area (Å²) in [4.78, 5) is 28.0. The molecule has 0 spiro atoms. The molecule has 4 atom stereocenters.